The van der Waals surface area contributed by atoms with Gasteiger partial charge in [0.25, 0.3) is 0 Å². The van der Waals surface area contributed by atoms with Crippen LogP contribution in [-0.4, -0.2) is 0 Å². The van der Waals surface area contributed by atoms with E-state index in [-0.39, 0.29) is 11.2 Å². The van der Waals surface area contributed by atoms with Crippen LogP contribution in [0.2, 0.25) is 10.0 Å². The Kier molecular flexibility index (Phi) is 5.13. The maximum Gasteiger partial charge on any atom is 0.123 e. The van der Waals surface area contributed by atoms with Crippen LogP contribution >= 0.6 is 50.7 Å². The van der Waals surface area contributed by atoms with Gasteiger partial charge in [0.2, 0.25) is 0 Å². The fourth-order valence-corrected chi connectivity index (χ4v) is 3.07. The van der Waals surface area contributed by atoms with Crippen LogP contribution in [0, 0.1) is 5.82 Å². The predicted molar refractivity (Wildman–Crippen MR) is 82.9 cm³/mol. The molecule has 0 aromatic heterocycles. The fraction of sp³-hybridized carbons (Fsp3) is 0.143. The molecule has 0 spiro atoms. The van der Waals surface area contributed by atoms with Gasteiger partial charge in [-0.05, 0) is 47.9 Å². The first kappa shape index (κ1) is 15.1. The highest BCUT2D eigenvalue weighted by molar-refractivity contribution is 9.10. The molecule has 0 aliphatic heterocycles. The number of hydrogen-bond donors (Lipinski definition) is 0. The molecule has 19 heavy (non-hydrogen) atoms. The monoisotopic (exact) mass is 380 g/mol. The Bertz CT molecular complexity index is 601. The molecule has 0 bridgehead atoms. The quantitative estimate of drug-likeness (QED) is 0.538. The fourth-order valence-electron chi connectivity index (χ4n) is 1.74. The van der Waals surface area contributed by atoms with Gasteiger partial charge in [-0.15, -0.1) is 11.6 Å². The minimum Gasteiger partial charge on any atom is -0.207 e. The van der Waals surface area contributed by atoms with Crippen molar-refractivity contribution in [3.8, 4) is 0 Å². The summed E-state index contributed by atoms with van der Waals surface area (Å²) < 4.78 is 14.0. The molecule has 0 fully saturated rings. The molecule has 0 nitrogen and oxygen atoms in total. The van der Waals surface area contributed by atoms with Gasteiger partial charge in [0, 0.05) is 4.47 Å². The van der Waals surface area contributed by atoms with Gasteiger partial charge < -0.3 is 0 Å². The molecule has 0 aliphatic rings. The molecule has 0 heterocycles. The van der Waals surface area contributed by atoms with Crippen molar-refractivity contribution >= 4 is 50.7 Å². The van der Waals surface area contributed by atoms with Crippen molar-refractivity contribution in [1.29, 1.82) is 0 Å². The SMILES string of the molecule is Fc1ccc(Br)c(C(Cl)Cc2ccc(Cl)c(Cl)c2)c1. The van der Waals surface area contributed by atoms with Gasteiger partial charge in [0.15, 0.2) is 0 Å². The number of benzene rings is 2. The zero-order valence-corrected chi connectivity index (χ0v) is 13.5. The van der Waals surface area contributed by atoms with Crippen LogP contribution < -0.4 is 0 Å². The van der Waals surface area contributed by atoms with E-state index in [2.05, 4.69) is 15.9 Å². The molecular weight excluding hydrogens is 373 g/mol. The number of halogens is 5. The summed E-state index contributed by atoms with van der Waals surface area (Å²) in [5, 5.41) is 0.645. The van der Waals surface area contributed by atoms with E-state index in [1.165, 1.54) is 12.1 Å². The molecule has 2 aromatic carbocycles. The summed E-state index contributed by atoms with van der Waals surface area (Å²) in [6, 6.07) is 9.82. The largest absolute Gasteiger partial charge is 0.207 e. The first-order valence-corrected chi connectivity index (χ1v) is 7.49. The third-order valence-corrected chi connectivity index (χ3v) is 4.55. The van der Waals surface area contributed by atoms with Crippen LogP contribution in [0.15, 0.2) is 40.9 Å². The standard InChI is InChI=1S/C14H9BrCl3F/c15-11-3-2-9(19)7-10(11)13(17)5-8-1-4-12(16)14(18)6-8/h1-4,6-7,13H,5H2. The highest BCUT2D eigenvalue weighted by Crippen LogP contribution is 2.33. The number of rotatable bonds is 3. The molecule has 0 N–H and O–H groups in total. The predicted octanol–water partition coefficient (Wildman–Crippen LogP) is 6.42. The van der Waals surface area contributed by atoms with Crippen molar-refractivity contribution in [3.05, 3.63) is 67.9 Å². The lowest BCUT2D eigenvalue weighted by Gasteiger charge is -2.12. The van der Waals surface area contributed by atoms with E-state index in [4.69, 9.17) is 34.8 Å². The normalized spacial score (nSPS) is 12.5. The van der Waals surface area contributed by atoms with Gasteiger partial charge >= 0.3 is 0 Å². The van der Waals surface area contributed by atoms with Gasteiger partial charge in [-0.1, -0.05) is 45.2 Å². The van der Waals surface area contributed by atoms with Crippen LogP contribution in [0.3, 0.4) is 0 Å². The Balaban J connectivity index is 2.22. The summed E-state index contributed by atoms with van der Waals surface area (Å²) in [5.74, 6) is -0.307. The molecule has 2 aromatic rings. The summed E-state index contributed by atoms with van der Waals surface area (Å²) in [6.45, 7) is 0. The van der Waals surface area contributed by atoms with E-state index in [1.54, 1.807) is 18.2 Å². The lowest BCUT2D eigenvalue weighted by Crippen LogP contribution is -1.98. The highest BCUT2D eigenvalue weighted by Gasteiger charge is 2.14. The molecule has 5 heteroatoms. The van der Waals surface area contributed by atoms with Gasteiger partial charge in [-0.2, -0.15) is 0 Å². The van der Waals surface area contributed by atoms with Gasteiger partial charge in [0.05, 0.1) is 15.4 Å². The zero-order valence-electron chi connectivity index (χ0n) is 9.64. The van der Waals surface area contributed by atoms with Crippen LogP contribution in [0.1, 0.15) is 16.5 Å². The van der Waals surface area contributed by atoms with Crippen LogP contribution in [-0.2, 0) is 6.42 Å². The molecule has 1 atom stereocenters. The van der Waals surface area contributed by atoms with Crippen LogP contribution in [0.5, 0.6) is 0 Å². The second kappa shape index (κ2) is 6.45. The molecule has 0 radical (unpaired) electrons. The highest BCUT2D eigenvalue weighted by atomic mass is 79.9. The minimum absolute atomic E-state index is 0.307. The molecule has 1 unspecified atom stereocenters. The Morgan fingerprint density at radius 2 is 1.79 bits per heavy atom. The van der Waals surface area contributed by atoms with E-state index in [0.29, 0.717) is 22.0 Å². The number of hydrogen-bond acceptors (Lipinski definition) is 0. The molecule has 0 saturated heterocycles. The van der Waals surface area contributed by atoms with E-state index >= 15 is 0 Å². The molecule has 100 valence electrons. The molecular formula is C14H9BrCl3F. The smallest absolute Gasteiger partial charge is 0.123 e. The summed E-state index contributed by atoms with van der Waals surface area (Å²) in [4.78, 5) is 0. The summed E-state index contributed by atoms with van der Waals surface area (Å²) in [5.41, 5.74) is 1.67. The second-order valence-electron chi connectivity index (χ2n) is 4.09. The average Bonchev–Trinajstić information content (AvgIpc) is 2.36. The maximum atomic E-state index is 13.2. The van der Waals surface area contributed by atoms with E-state index in [9.17, 15) is 4.39 Å². The lowest BCUT2D eigenvalue weighted by molar-refractivity contribution is 0.624. The third kappa shape index (κ3) is 3.85. The summed E-state index contributed by atoms with van der Waals surface area (Å²) >= 11 is 21.5. The van der Waals surface area contributed by atoms with Crippen molar-refractivity contribution in [1.82, 2.24) is 0 Å². The summed E-state index contributed by atoms with van der Waals surface area (Å²) in [6.07, 6.45) is 0.542. The maximum absolute atomic E-state index is 13.2. The van der Waals surface area contributed by atoms with Crippen molar-refractivity contribution in [2.24, 2.45) is 0 Å². The topological polar surface area (TPSA) is 0 Å². The minimum atomic E-state index is -0.345. The van der Waals surface area contributed by atoms with E-state index in [1.807, 2.05) is 6.07 Å². The van der Waals surface area contributed by atoms with E-state index < -0.39 is 0 Å². The van der Waals surface area contributed by atoms with Crippen molar-refractivity contribution in [3.63, 3.8) is 0 Å². The number of alkyl halides is 1. The van der Waals surface area contributed by atoms with Crippen molar-refractivity contribution in [2.75, 3.05) is 0 Å². The van der Waals surface area contributed by atoms with Gasteiger partial charge in [-0.3, -0.25) is 0 Å². The van der Waals surface area contributed by atoms with Crippen LogP contribution in [0.4, 0.5) is 4.39 Å². The average molecular weight is 382 g/mol. The molecule has 2 rings (SSSR count). The van der Waals surface area contributed by atoms with Crippen molar-refractivity contribution < 1.29 is 4.39 Å². The van der Waals surface area contributed by atoms with Crippen LogP contribution in [0.25, 0.3) is 0 Å². The second-order valence-corrected chi connectivity index (χ2v) is 6.28. The zero-order chi connectivity index (χ0) is 14.0. The van der Waals surface area contributed by atoms with Crippen molar-refractivity contribution in [2.45, 2.75) is 11.8 Å². The first-order chi connectivity index (χ1) is 8.97. The Morgan fingerprint density at radius 1 is 1.05 bits per heavy atom. The third-order valence-electron chi connectivity index (χ3n) is 2.69. The van der Waals surface area contributed by atoms with Gasteiger partial charge in [-0.25, -0.2) is 4.39 Å². The first-order valence-electron chi connectivity index (χ1n) is 5.50. The Hall–Kier alpha value is -0.280. The molecule has 0 aliphatic carbocycles. The summed E-state index contributed by atoms with van der Waals surface area (Å²) in [7, 11) is 0. The molecule has 0 amide bonds. The Labute approximate surface area is 134 Å². The molecule has 0 saturated carbocycles. The lowest BCUT2D eigenvalue weighted by atomic mass is 10.0. The Morgan fingerprint density at radius 3 is 2.47 bits per heavy atom. The van der Waals surface area contributed by atoms with E-state index in [0.717, 1.165) is 10.0 Å². The van der Waals surface area contributed by atoms with Gasteiger partial charge in [0.1, 0.15) is 5.82 Å².